The summed E-state index contributed by atoms with van der Waals surface area (Å²) < 4.78 is 28.1. The summed E-state index contributed by atoms with van der Waals surface area (Å²) in [6, 6.07) is 5.99. The van der Waals surface area contributed by atoms with Crippen molar-refractivity contribution < 1.29 is 8.78 Å². The zero-order chi connectivity index (χ0) is 11.6. The summed E-state index contributed by atoms with van der Waals surface area (Å²) in [6.45, 7) is 2.72. The van der Waals surface area contributed by atoms with Gasteiger partial charge >= 0.3 is 0 Å². The van der Waals surface area contributed by atoms with Crippen LogP contribution in [0.1, 0.15) is 30.9 Å². The molecule has 1 fully saturated rings. The van der Waals surface area contributed by atoms with Crippen molar-refractivity contribution in [3.05, 3.63) is 35.4 Å². The van der Waals surface area contributed by atoms with E-state index in [2.05, 4.69) is 5.32 Å². The Morgan fingerprint density at radius 1 is 1.31 bits per heavy atom. The molecule has 0 amide bonds. The minimum absolute atomic E-state index is 0.129. The molecule has 1 saturated heterocycles. The number of benzene rings is 1. The molecule has 1 heterocycles. The molecule has 0 aromatic heterocycles. The summed E-state index contributed by atoms with van der Waals surface area (Å²) in [5.41, 5.74) is 1.23. The van der Waals surface area contributed by atoms with Crippen LogP contribution in [-0.4, -0.2) is 12.6 Å². The van der Waals surface area contributed by atoms with Crippen molar-refractivity contribution in [1.82, 2.24) is 5.32 Å². The van der Waals surface area contributed by atoms with Gasteiger partial charge in [0.2, 0.25) is 0 Å². The second kappa shape index (κ2) is 4.50. The molecule has 16 heavy (non-hydrogen) atoms. The third-order valence-corrected chi connectivity index (χ3v) is 3.25. The SMILES string of the molecule is CCc1ccc(C(F)(F)C2CCCN2)cc1. The Morgan fingerprint density at radius 2 is 2.00 bits per heavy atom. The summed E-state index contributed by atoms with van der Waals surface area (Å²) in [5, 5.41) is 2.87. The van der Waals surface area contributed by atoms with Gasteiger partial charge in [0, 0.05) is 5.56 Å². The van der Waals surface area contributed by atoms with Crippen LogP contribution in [0.4, 0.5) is 8.78 Å². The molecule has 1 nitrogen and oxygen atoms in total. The van der Waals surface area contributed by atoms with E-state index in [1.165, 1.54) is 0 Å². The quantitative estimate of drug-likeness (QED) is 0.833. The smallest absolute Gasteiger partial charge is 0.288 e. The normalized spacial score (nSPS) is 21.3. The second-order valence-electron chi connectivity index (χ2n) is 4.32. The predicted molar refractivity (Wildman–Crippen MR) is 60.7 cm³/mol. The predicted octanol–water partition coefficient (Wildman–Crippen LogP) is 3.09. The maximum atomic E-state index is 14.0. The minimum atomic E-state index is -2.75. The molecule has 1 N–H and O–H groups in total. The Labute approximate surface area is 94.9 Å². The van der Waals surface area contributed by atoms with E-state index in [1.807, 2.05) is 6.92 Å². The fraction of sp³-hybridized carbons (Fsp3) is 0.538. The van der Waals surface area contributed by atoms with Crippen LogP contribution < -0.4 is 5.32 Å². The second-order valence-corrected chi connectivity index (χ2v) is 4.32. The van der Waals surface area contributed by atoms with E-state index in [9.17, 15) is 8.78 Å². The van der Waals surface area contributed by atoms with Gasteiger partial charge in [-0.25, -0.2) is 0 Å². The number of rotatable bonds is 3. The highest BCUT2D eigenvalue weighted by Crippen LogP contribution is 2.35. The van der Waals surface area contributed by atoms with Crippen molar-refractivity contribution in [2.45, 2.75) is 38.2 Å². The molecule has 0 bridgehead atoms. The van der Waals surface area contributed by atoms with E-state index in [0.29, 0.717) is 13.0 Å². The van der Waals surface area contributed by atoms with E-state index in [4.69, 9.17) is 0 Å². The van der Waals surface area contributed by atoms with Crippen LogP contribution >= 0.6 is 0 Å². The Kier molecular flexibility index (Phi) is 3.24. The standard InChI is InChI=1S/C13H17F2N/c1-2-10-5-7-11(8-6-10)13(14,15)12-4-3-9-16-12/h5-8,12,16H,2-4,9H2,1H3. The molecule has 1 aromatic carbocycles. The third-order valence-electron chi connectivity index (χ3n) is 3.25. The van der Waals surface area contributed by atoms with Crippen LogP contribution in [0, 0.1) is 0 Å². The van der Waals surface area contributed by atoms with Crippen LogP contribution in [0.15, 0.2) is 24.3 Å². The summed E-state index contributed by atoms with van der Waals surface area (Å²) in [6.07, 6.45) is 2.28. The Bertz CT molecular complexity index is 339. The van der Waals surface area contributed by atoms with Crippen LogP contribution in [-0.2, 0) is 12.3 Å². The molecule has 0 saturated carbocycles. The van der Waals surface area contributed by atoms with Crippen molar-refractivity contribution in [3.8, 4) is 0 Å². The molecule has 1 aromatic rings. The fourth-order valence-corrected chi connectivity index (χ4v) is 2.16. The van der Waals surface area contributed by atoms with Crippen LogP contribution in [0.25, 0.3) is 0 Å². The van der Waals surface area contributed by atoms with Gasteiger partial charge in [-0.3, -0.25) is 0 Å². The maximum Gasteiger partial charge on any atom is 0.288 e. The van der Waals surface area contributed by atoms with Gasteiger partial charge in [0.15, 0.2) is 0 Å². The molecule has 1 unspecified atom stereocenters. The first kappa shape index (κ1) is 11.5. The van der Waals surface area contributed by atoms with Crippen molar-refractivity contribution in [2.75, 3.05) is 6.54 Å². The zero-order valence-electron chi connectivity index (χ0n) is 9.47. The largest absolute Gasteiger partial charge is 0.308 e. The highest BCUT2D eigenvalue weighted by Gasteiger charge is 2.42. The van der Waals surface area contributed by atoms with E-state index in [1.54, 1.807) is 24.3 Å². The Hall–Kier alpha value is -0.960. The van der Waals surface area contributed by atoms with E-state index >= 15 is 0 Å². The lowest BCUT2D eigenvalue weighted by atomic mass is 9.98. The van der Waals surface area contributed by atoms with Gasteiger partial charge in [-0.05, 0) is 31.4 Å². The van der Waals surface area contributed by atoms with Crippen LogP contribution in [0.2, 0.25) is 0 Å². The van der Waals surface area contributed by atoms with Crippen LogP contribution in [0.5, 0.6) is 0 Å². The zero-order valence-corrected chi connectivity index (χ0v) is 9.47. The van der Waals surface area contributed by atoms with Gasteiger partial charge in [0.1, 0.15) is 0 Å². The Morgan fingerprint density at radius 3 is 2.50 bits per heavy atom. The monoisotopic (exact) mass is 225 g/mol. The number of nitrogens with one attached hydrogen (secondary N) is 1. The third kappa shape index (κ3) is 2.09. The Balaban J connectivity index is 2.20. The summed E-state index contributed by atoms with van der Waals surface area (Å²) in [7, 11) is 0. The minimum Gasteiger partial charge on any atom is -0.308 e. The van der Waals surface area contributed by atoms with Gasteiger partial charge in [0.05, 0.1) is 6.04 Å². The average Bonchev–Trinajstić information content (AvgIpc) is 2.83. The van der Waals surface area contributed by atoms with Gasteiger partial charge in [0.25, 0.3) is 5.92 Å². The van der Waals surface area contributed by atoms with Gasteiger partial charge in [-0.2, -0.15) is 8.78 Å². The van der Waals surface area contributed by atoms with E-state index < -0.39 is 12.0 Å². The molecular weight excluding hydrogens is 208 g/mol. The topological polar surface area (TPSA) is 12.0 Å². The van der Waals surface area contributed by atoms with E-state index in [0.717, 1.165) is 18.4 Å². The number of alkyl halides is 2. The first-order chi connectivity index (χ1) is 7.64. The highest BCUT2D eigenvalue weighted by atomic mass is 19.3. The van der Waals surface area contributed by atoms with Gasteiger partial charge < -0.3 is 5.32 Å². The molecule has 0 spiro atoms. The first-order valence-electron chi connectivity index (χ1n) is 5.85. The number of hydrogen-bond acceptors (Lipinski definition) is 1. The fourth-order valence-electron chi connectivity index (χ4n) is 2.16. The summed E-state index contributed by atoms with van der Waals surface area (Å²) >= 11 is 0. The molecule has 1 aliphatic heterocycles. The summed E-state index contributed by atoms with van der Waals surface area (Å²) in [5.74, 6) is -2.75. The van der Waals surface area contributed by atoms with Crippen LogP contribution in [0.3, 0.4) is 0 Å². The molecular formula is C13H17F2N. The van der Waals surface area contributed by atoms with Crippen molar-refractivity contribution in [1.29, 1.82) is 0 Å². The molecule has 1 atom stereocenters. The number of aryl methyl sites for hydroxylation is 1. The van der Waals surface area contributed by atoms with Gasteiger partial charge in [-0.1, -0.05) is 31.2 Å². The van der Waals surface area contributed by atoms with Crippen molar-refractivity contribution in [2.24, 2.45) is 0 Å². The lowest BCUT2D eigenvalue weighted by Crippen LogP contribution is -2.38. The van der Waals surface area contributed by atoms with Gasteiger partial charge in [-0.15, -0.1) is 0 Å². The van der Waals surface area contributed by atoms with E-state index in [-0.39, 0.29) is 5.56 Å². The molecule has 3 heteroatoms. The molecule has 0 aliphatic carbocycles. The first-order valence-corrected chi connectivity index (χ1v) is 5.85. The maximum absolute atomic E-state index is 14.0. The highest BCUT2D eigenvalue weighted by molar-refractivity contribution is 5.27. The average molecular weight is 225 g/mol. The molecule has 88 valence electrons. The molecule has 0 radical (unpaired) electrons. The van der Waals surface area contributed by atoms with Crippen molar-refractivity contribution >= 4 is 0 Å². The number of halogens is 2. The van der Waals surface area contributed by atoms with Crippen molar-refractivity contribution in [3.63, 3.8) is 0 Å². The number of hydrogen-bond donors (Lipinski definition) is 1. The lowest BCUT2D eigenvalue weighted by Gasteiger charge is -2.23. The molecule has 2 rings (SSSR count). The lowest BCUT2D eigenvalue weighted by molar-refractivity contribution is -0.0376. The molecule has 1 aliphatic rings. The summed E-state index contributed by atoms with van der Waals surface area (Å²) in [4.78, 5) is 0.